The van der Waals surface area contributed by atoms with Crippen LogP contribution >= 0.6 is 11.3 Å². The number of anilines is 1. The standard InChI is InChI=1S/C9H6F3N3S/c1-3-6(11)4(2-5(10)7(3)12)8-14-15-9(13)16-8/h2H,1H3,(H2,13,15). The smallest absolute Gasteiger partial charge is 0.203 e. The second-order valence-electron chi connectivity index (χ2n) is 3.10. The third kappa shape index (κ3) is 1.63. The first kappa shape index (κ1) is 10.9. The Morgan fingerprint density at radius 3 is 2.44 bits per heavy atom. The molecule has 2 aromatic rings. The number of nitrogens with two attached hydrogens (primary N) is 1. The van der Waals surface area contributed by atoms with E-state index < -0.39 is 17.5 Å². The summed E-state index contributed by atoms with van der Waals surface area (Å²) in [6.45, 7) is 1.15. The molecule has 1 heterocycles. The van der Waals surface area contributed by atoms with Crippen LogP contribution < -0.4 is 5.73 Å². The molecule has 0 radical (unpaired) electrons. The van der Waals surface area contributed by atoms with E-state index in [1.807, 2.05) is 0 Å². The molecule has 0 unspecified atom stereocenters. The summed E-state index contributed by atoms with van der Waals surface area (Å²) in [7, 11) is 0. The molecule has 0 atom stereocenters. The molecule has 0 spiro atoms. The van der Waals surface area contributed by atoms with Crippen LogP contribution in [0.1, 0.15) is 5.56 Å². The van der Waals surface area contributed by atoms with Gasteiger partial charge in [-0.05, 0) is 13.0 Å². The van der Waals surface area contributed by atoms with Crippen molar-refractivity contribution >= 4 is 16.5 Å². The average Bonchev–Trinajstić information content (AvgIpc) is 2.67. The third-order valence-electron chi connectivity index (χ3n) is 2.05. The van der Waals surface area contributed by atoms with Crippen LogP contribution in [0.2, 0.25) is 0 Å². The van der Waals surface area contributed by atoms with Crippen molar-refractivity contribution in [2.75, 3.05) is 5.73 Å². The van der Waals surface area contributed by atoms with Gasteiger partial charge < -0.3 is 5.73 Å². The highest BCUT2D eigenvalue weighted by Crippen LogP contribution is 2.30. The number of benzene rings is 1. The number of hydrogen-bond donors (Lipinski definition) is 1. The second kappa shape index (κ2) is 3.75. The average molecular weight is 245 g/mol. The molecule has 0 amide bonds. The molecule has 0 saturated heterocycles. The largest absolute Gasteiger partial charge is 0.374 e. The lowest BCUT2D eigenvalue weighted by Crippen LogP contribution is -1.97. The van der Waals surface area contributed by atoms with Crippen LogP contribution in [0, 0.1) is 24.4 Å². The van der Waals surface area contributed by atoms with E-state index in [0.29, 0.717) is 0 Å². The molecule has 0 bridgehead atoms. The molecule has 1 aromatic carbocycles. The van der Waals surface area contributed by atoms with Crippen LogP contribution in [0.3, 0.4) is 0 Å². The van der Waals surface area contributed by atoms with Crippen molar-refractivity contribution in [1.82, 2.24) is 10.2 Å². The first-order valence-corrected chi connectivity index (χ1v) is 5.05. The Labute approximate surface area is 92.7 Å². The molecule has 2 N–H and O–H groups in total. The van der Waals surface area contributed by atoms with Gasteiger partial charge in [-0.2, -0.15) is 0 Å². The predicted octanol–water partition coefficient (Wildman–Crippen LogP) is 2.51. The van der Waals surface area contributed by atoms with Crippen LogP contribution in [0.25, 0.3) is 10.6 Å². The van der Waals surface area contributed by atoms with E-state index >= 15 is 0 Å². The van der Waals surface area contributed by atoms with Crippen LogP contribution in [0.15, 0.2) is 6.07 Å². The van der Waals surface area contributed by atoms with Crippen molar-refractivity contribution in [1.29, 1.82) is 0 Å². The predicted molar refractivity (Wildman–Crippen MR) is 54.4 cm³/mol. The molecule has 0 aliphatic carbocycles. The van der Waals surface area contributed by atoms with Gasteiger partial charge in [-0.1, -0.05) is 11.3 Å². The summed E-state index contributed by atoms with van der Waals surface area (Å²) in [6.07, 6.45) is 0. The SMILES string of the molecule is Cc1c(F)c(F)cc(-c2nnc(N)s2)c1F. The lowest BCUT2D eigenvalue weighted by Gasteiger charge is -2.04. The van der Waals surface area contributed by atoms with Crippen molar-refractivity contribution < 1.29 is 13.2 Å². The number of nitrogens with zero attached hydrogens (tertiary/aromatic N) is 2. The maximum atomic E-state index is 13.6. The zero-order chi connectivity index (χ0) is 11.9. The summed E-state index contributed by atoms with van der Waals surface area (Å²) in [4.78, 5) is 0. The summed E-state index contributed by atoms with van der Waals surface area (Å²) in [5.74, 6) is -3.17. The molecule has 2 rings (SSSR count). The molecule has 7 heteroatoms. The Balaban J connectivity index is 2.66. The first-order valence-electron chi connectivity index (χ1n) is 4.24. The van der Waals surface area contributed by atoms with Gasteiger partial charge in [0.05, 0.1) is 5.56 Å². The molecule has 1 aromatic heterocycles. The van der Waals surface area contributed by atoms with Crippen molar-refractivity contribution in [2.45, 2.75) is 6.92 Å². The van der Waals surface area contributed by atoms with Crippen molar-refractivity contribution in [2.24, 2.45) is 0 Å². The lowest BCUT2D eigenvalue weighted by atomic mass is 10.1. The van der Waals surface area contributed by atoms with Gasteiger partial charge in [-0.25, -0.2) is 13.2 Å². The molecular weight excluding hydrogens is 239 g/mol. The van der Waals surface area contributed by atoms with Gasteiger partial charge in [-0.15, -0.1) is 10.2 Å². The second-order valence-corrected chi connectivity index (χ2v) is 4.11. The highest BCUT2D eigenvalue weighted by atomic mass is 32.1. The van der Waals surface area contributed by atoms with Gasteiger partial charge in [0.15, 0.2) is 16.6 Å². The highest BCUT2D eigenvalue weighted by Gasteiger charge is 2.18. The van der Waals surface area contributed by atoms with Crippen LogP contribution in [0.5, 0.6) is 0 Å². The molecular formula is C9H6F3N3S. The van der Waals surface area contributed by atoms with E-state index in [9.17, 15) is 13.2 Å². The lowest BCUT2D eigenvalue weighted by molar-refractivity contribution is 0.487. The molecule has 16 heavy (non-hydrogen) atoms. The molecule has 0 aliphatic rings. The monoisotopic (exact) mass is 245 g/mol. The molecule has 84 valence electrons. The maximum absolute atomic E-state index is 13.6. The Hall–Kier alpha value is -1.63. The van der Waals surface area contributed by atoms with Crippen molar-refractivity contribution in [3.63, 3.8) is 0 Å². The number of hydrogen-bond acceptors (Lipinski definition) is 4. The molecule has 0 saturated carbocycles. The van der Waals surface area contributed by atoms with E-state index in [1.54, 1.807) is 0 Å². The third-order valence-corrected chi connectivity index (χ3v) is 2.83. The molecule has 0 fully saturated rings. The Morgan fingerprint density at radius 1 is 1.19 bits per heavy atom. The van der Waals surface area contributed by atoms with Crippen LogP contribution in [-0.4, -0.2) is 10.2 Å². The maximum Gasteiger partial charge on any atom is 0.203 e. The number of aromatic nitrogens is 2. The van der Waals surface area contributed by atoms with E-state index in [1.165, 1.54) is 0 Å². The Kier molecular flexibility index (Phi) is 2.55. The van der Waals surface area contributed by atoms with Gasteiger partial charge in [0.25, 0.3) is 0 Å². The van der Waals surface area contributed by atoms with E-state index in [0.717, 1.165) is 24.3 Å². The fourth-order valence-electron chi connectivity index (χ4n) is 1.23. The van der Waals surface area contributed by atoms with Gasteiger partial charge in [0.1, 0.15) is 5.82 Å². The molecule has 0 aliphatic heterocycles. The van der Waals surface area contributed by atoms with Crippen molar-refractivity contribution in [3.05, 3.63) is 29.1 Å². The fraction of sp³-hybridized carbons (Fsp3) is 0.111. The quantitative estimate of drug-likeness (QED) is 0.785. The minimum Gasteiger partial charge on any atom is -0.374 e. The minimum atomic E-state index is -1.20. The minimum absolute atomic E-state index is 0.122. The van der Waals surface area contributed by atoms with Crippen LogP contribution in [0.4, 0.5) is 18.3 Å². The van der Waals surface area contributed by atoms with E-state index in [-0.39, 0.29) is 21.3 Å². The van der Waals surface area contributed by atoms with Crippen molar-refractivity contribution in [3.8, 4) is 10.6 Å². The summed E-state index contributed by atoms with van der Waals surface area (Å²) in [5.41, 5.74) is 4.81. The summed E-state index contributed by atoms with van der Waals surface area (Å²) in [5, 5.41) is 7.31. The summed E-state index contributed by atoms with van der Waals surface area (Å²) < 4.78 is 39.7. The van der Waals surface area contributed by atoms with Gasteiger partial charge >= 0.3 is 0 Å². The highest BCUT2D eigenvalue weighted by molar-refractivity contribution is 7.18. The van der Waals surface area contributed by atoms with Gasteiger partial charge in [0.2, 0.25) is 5.13 Å². The Morgan fingerprint density at radius 2 is 1.88 bits per heavy atom. The normalized spacial score (nSPS) is 10.8. The fourth-order valence-corrected chi connectivity index (χ4v) is 1.85. The zero-order valence-electron chi connectivity index (χ0n) is 8.09. The summed E-state index contributed by atoms with van der Waals surface area (Å²) >= 11 is 0.905. The zero-order valence-corrected chi connectivity index (χ0v) is 8.91. The van der Waals surface area contributed by atoms with E-state index in [2.05, 4.69) is 10.2 Å². The van der Waals surface area contributed by atoms with Gasteiger partial charge in [0, 0.05) is 5.56 Å². The topological polar surface area (TPSA) is 51.8 Å². The number of halogens is 3. The van der Waals surface area contributed by atoms with E-state index in [4.69, 9.17) is 5.73 Å². The van der Waals surface area contributed by atoms with Gasteiger partial charge in [-0.3, -0.25) is 0 Å². The molecule has 3 nitrogen and oxygen atoms in total. The number of rotatable bonds is 1. The number of nitrogen functional groups attached to an aromatic ring is 1. The first-order chi connectivity index (χ1) is 7.50. The van der Waals surface area contributed by atoms with Crippen LogP contribution in [-0.2, 0) is 0 Å². The summed E-state index contributed by atoms with van der Waals surface area (Å²) in [6, 6.07) is 0.748. The Bertz CT molecular complexity index is 553.